The van der Waals surface area contributed by atoms with Crippen molar-refractivity contribution in [2.24, 2.45) is 11.8 Å². The van der Waals surface area contributed by atoms with Crippen molar-refractivity contribution >= 4 is 11.6 Å². The molecular weight excluding hydrogens is 292 g/mol. The minimum absolute atomic E-state index is 0.00221. The largest absolute Gasteiger partial charge is 0.369 e. The summed E-state index contributed by atoms with van der Waals surface area (Å²) in [5, 5.41) is 9.48. The second kappa shape index (κ2) is 7.15. The average Bonchev–Trinajstić information content (AvgIpc) is 2.57. The van der Waals surface area contributed by atoms with Gasteiger partial charge in [0.1, 0.15) is 0 Å². The average molecular weight is 318 g/mol. The van der Waals surface area contributed by atoms with Gasteiger partial charge in [-0.2, -0.15) is 5.10 Å². The van der Waals surface area contributed by atoms with Crippen LogP contribution in [0.4, 0.5) is 5.69 Å². The van der Waals surface area contributed by atoms with E-state index < -0.39 is 0 Å². The van der Waals surface area contributed by atoms with Gasteiger partial charge in [-0.05, 0) is 44.4 Å². The molecule has 0 aromatic carbocycles. The fourth-order valence-electron chi connectivity index (χ4n) is 3.69. The Morgan fingerprint density at radius 1 is 1.30 bits per heavy atom. The number of aromatic nitrogens is 2. The van der Waals surface area contributed by atoms with E-state index in [-0.39, 0.29) is 17.4 Å². The van der Waals surface area contributed by atoms with Crippen LogP contribution in [0.1, 0.15) is 45.4 Å². The van der Waals surface area contributed by atoms with E-state index in [0.29, 0.717) is 12.6 Å². The van der Waals surface area contributed by atoms with Crippen molar-refractivity contribution < 1.29 is 4.79 Å². The fraction of sp³-hybridized carbons (Fsp3) is 0.706. The zero-order chi connectivity index (χ0) is 16.2. The first-order chi connectivity index (χ1) is 11.1. The highest BCUT2D eigenvalue weighted by Crippen LogP contribution is 2.25. The lowest BCUT2D eigenvalue weighted by atomic mass is 9.87. The smallest absolute Gasteiger partial charge is 0.266 e. The van der Waals surface area contributed by atoms with Gasteiger partial charge in [0.25, 0.3) is 5.56 Å². The molecule has 6 nitrogen and oxygen atoms in total. The number of anilines is 1. The summed E-state index contributed by atoms with van der Waals surface area (Å²) in [6.07, 6.45) is 8.15. The predicted octanol–water partition coefficient (Wildman–Crippen LogP) is 1.68. The molecule has 2 aliphatic rings. The number of hydrogen-bond donors (Lipinski definition) is 2. The summed E-state index contributed by atoms with van der Waals surface area (Å²) in [5.74, 6) is 0.964. The van der Waals surface area contributed by atoms with E-state index in [4.69, 9.17) is 0 Å². The lowest BCUT2D eigenvalue weighted by Crippen LogP contribution is -2.47. The maximum Gasteiger partial charge on any atom is 0.266 e. The highest BCUT2D eigenvalue weighted by molar-refractivity contribution is 5.80. The van der Waals surface area contributed by atoms with Gasteiger partial charge in [0.05, 0.1) is 17.8 Å². The second-order valence-electron chi connectivity index (χ2n) is 7.05. The Bertz CT molecular complexity index is 592. The number of amides is 1. The van der Waals surface area contributed by atoms with E-state index in [1.54, 1.807) is 12.3 Å². The molecule has 126 valence electrons. The Morgan fingerprint density at radius 2 is 2.09 bits per heavy atom. The first-order valence-electron chi connectivity index (χ1n) is 8.72. The van der Waals surface area contributed by atoms with Gasteiger partial charge in [-0.3, -0.25) is 9.59 Å². The summed E-state index contributed by atoms with van der Waals surface area (Å²) in [6.45, 7) is 3.82. The van der Waals surface area contributed by atoms with Crippen LogP contribution in [0.15, 0.2) is 17.1 Å². The van der Waals surface area contributed by atoms with Crippen LogP contribution in [0.3, 0.4) is 0 Å². The molecule has 0 unspecified atom stereocenters. The minimum atomic E-state index is -0.203. The Morgan fingerprint density at radius 3 is 2.83 bits per heavy atom. The topological polar surface area (TPSA) is 78.1 Å². The lowest BCUT2D eigenvalue weighted by Gasteiger charge is -2.35. The van der Waals surface area contributed by atoms with Gasteiger partial charge < -0.3 is 10.2 Å². The number of carbonyl (C=O) groups is 1. The third kappa shape index (κ3) is 4.12. The highest BCUT2D eigenvalue weighted by atomic mass is 16.2. The molecule has 1 aromatic heterocycles. The molecule has 1 atom stereocenters. The molecule has 1 saturated carbocycles. The molecule has 3 rings (SSSR count). The zero-order valence-corrected chi connectivity index (χ0v) is 13.8. The second-order valence-corrected chi connectivity index (χ2v) is 7.05. The molecule has 23 heavy (non-hydrogen) atoms. The Balaban J connectivity index is 1.57. The lowest BCUT2D eigenvalue weighted by molar-refractivity contribution is -0.126. The van der Waals surface area contributed by atoms with Crippen LogP contribution >= 0.6 is 0 Å². The molecule has 1 amide bonds. The third-order valence-electron chi connectivity index (χ3n) is 5.17. The van der Waals surface area contributed by atoms with Crippen LogP contribution < -0.4 is 15.8 Å². The van der Waals surface area contributed by atoms with E-state index in [1.807, 2.05) is 0 Å². The van der Waals surface area contributed by atoms with Crippen LogP contribution in [0.25, 0.3) is 0 Å². The molecule has 0 spiro atoms. The van der Waals surface area contributed by atoms with Crippen LogP contribution in [-0.4, -0.2) is 35.2 Å². The number of hydrogen-bond acceptors (Lipinski definition) is 4. The molecule has 1 aliphatic carbocycles. The van der Waals surface area contributed by atoms with Gasteiger partial charge in [0, 0.05) is 25.2 Å². The zero-order valence-electron chi connectivity index (χ0n) is 13.8. The number of rotatable bonds is 3. The molecule has 2 heterocycles. The summed E-state index contributed by atoms with van der Waals surface area (Å²) < 4.78 is 0. The predicted molar refractivity (Wildman–Crippen MR) is 89.4 cm³/mol. The number of aromatic amines is 1. The molecule has 6 heteroatoms. The van der Waals surface area contributed by atoms with Gasteiger partial charge in [-0.1, -0.05) is 6.92 Å². The number of nitrogens with zero attached hydrogens (tertiary/aromatic N) is 2. The number of carbonyl (C=O) groups excluding carboxylic acids is 1. The van der Waals surface area contributed by atoms with Crippen LogP contribution in [-0.2, 0) is 4.79 Å². The molecule has 1 aliphatic heterocycles. The summed E-state index contributed by atoms with van der Waals surface area (Å²) in [6, 6.07) is 1.89. The van der Waals surface area contributed by atoms with E-state index in [9.17, 15) is 9.59 Å². The van der Waals surface area contributed by atoms with E-state index >= 15 is 0 Å². The Labute approximate surface area is 136 Å². The van der Waals surface area contributed by atoms with Gasteiger partial charge in [-0.25, -0.2) is 5.10 Å². The Kier molecular flexibility index (Phi) is 4.98. The number of nitrogens with one attached hydrogen (secondary N) is 2. The van der Waals surface area contributed by atoms with Gasteiger partial charge in [-0.15, -0.1) is 0 Å². The minimum Gasteiger partial charge on any atom is -0.369 e. The first-order valence-corrected chi connectivity index (χ1v) is 8.72. The van der Waals surface area contributed by atoms with Crippen molar-refractivity contribution in [1.82, 2.24) is 15.5 Å². The quantitative estimate of drug-likeness (QED) is 0.889. The standard InChI is InChI=1S/C17H26N4O2/c1-12-4-6-14(7-5-12)19-17(23)13-3-2-8-21(11-13)15-9-16(22)20-18-10-15/h9-10,12-14H,2-8,11H2,1H3,(H,19,23)(H,20,22)/t12?,13-,14?/m0/s1. The van der Waals surface area contributed by atoms with Crippen molar-refractivity contribution in [3.8, 4) is 0 Å². The molecular formula is C17H26N4O2. The van der Waals surface area contributed by atoms with Crippen LogP contribution in [0.5, 0.6) is 0 Å². The van der Waals surface area contributed by atoms with Crippen LogP contribution in [0, 0.1) is 11.8 Å². The van der Waals surface area contributed by atoms with E-state index in [0.717, 1.165) is 43.8 Å². The monoisotopic (exact) mass is 318 g/mol. The molecule has 0 bridgehead atoms. The van der Waals surface area contributed by atoms with Crippen LogP contribution in [0.2, 0.25) is 0 Å². The molecule has 1 saturated heterocycles. The summed E-state index contributed by atoms with van der Waals surface area (Å²) in [7, 11) is 0. The fourth-order valence-corrected chi connectivity index (χ4v) is 3.69. The maximum atomic E-state index is 12.6. The van der Waals surface area contributed by atoms with E-state index in [1.165, 1.54) is 12.8 Å². The Hall–Kier alpha value is -1.85. The third-order valence-corrected chi connectivity index (χ3v) is 5.17. The normalized spacial score (nSPS) is 28.4. The molecule has 0 radical (unpaired) electrons. The first kappa shape index (κ1) is 16.0. The SMILES string of the molecule is CC1CCC(NC(=O)[C@H]2CCCN(c3cn[nH]c(=O)c3)C2)CC1. The van der Waals surface area contributed by atoms with Crippen molar-refractivity contribution in [3.05, 3.63) is 22.6 Å². The van der Waals surface area contributed by atoms with Crippen molar-refractivity contribution in [1.29, 1.82) is 0 Å². The molecule has 1 aromatic rings. The summed E-state index contributed by atoms with van der Waals surface area (Å²) in [5.41, 5.74) is 0.600. The van der Waals surface area contributed by atoms with Crippen molar-refractivity contribution in [3.63, 3.8) is 0 Å². The van der Waals surface area contributed by atoms with Gasteiger partial charge >= 0.3 is 0 Å². The molecule has 2 fully saturated rings. The highest BCUT2D eigenvalue weighted by Gasteiger charge is 2.28. The number of H-pyrrole nitrogens is 1. The summed E-state index contributed by atoms with van der Waals surface area (Å²) in [4.78, 5) is 26.1. The molecule has 2 N–H and O–H groups in total. The van der Waals surface area contributed by atoms with E-state index in [2.05, 4.69) is 27.3 Å². The van der Waals surface area contributed by atoms with Gasteiger partial charge in [0.15, 0.2) is 0 Å². The van der Waals surface area contributed by atoms with Crippen molar-refractivity contribution in [2.75, 3.05) is 18.0 Å². The summed E-state index contributed by atoms with van der Waals surface area (Å²) >= 11 is 0. The number of piperidine rings is 1. The maximum absolute atomic E-state index is 12.6. The van der Waals surface area contributed by atoms with Gasteiger partial charge in [0.2, 0.25) is 5.91 Å². The van der Waals surface area contributed by atoms with Crippen molar-refractivity contribution in [2.45, 2.75) is 51.5 Å².